The number of benzene rings is 1. The quantitative estimate of drug-likeness (QED) is 0.829. The summed E-state index contributed by atoms with van der Waals surface area (Å²) < 4.78 is 0. The van der Waals surface area contributed by atoms with Crippen molar-refractivity contribution in [2.75, 3.05) is 5.32 Å². The van der Waals surface area contributed by atoms with E-state index in [-0.39, 0.29) is 11.0 Å². The van der Waals surface area contributed by atoms with Crippen LogP contribution in [0.5, 0.6) is 0 Å². The van der Waals surface area contributed by atoms with Crippen LogP contribution in [0, 0.1) is 0 Å². The maximum absolute atomic E-state index is 12.0. The van der Waals surface area contributed by atoms with Gasteiger partial charge < -0.3 is 5.32 Å². The average Bonchev–Trinajstić information content (AvgIpc) is 2.54. The first-order chi connectivity index (χ1) is 10.7. The number of pyridine rings is 1. The second-order valence-electron chi connectivity index (χ2n) is 4.93. The van der Waals surface area contributed by atoms with E-state index < -0.39 is 0 Å². The molecule has 2 aromatic rings. The van der Waals surface area contributed by atoms with Gasteiger partial charge in [-0.15, -0.1) is 0 Å². The second kappa shape index (κ2) is 8.24. The first-order valence-corrected chi connectivity index (χ1v) is 7.72. The van der Waals surface area contributed by atoms with Crippen LogP contribution in [-0.2, 0) is 6.42 Å². The van der Waals surface area contributed by atoms with Crippen molar-refractivity contribution in [1.29, 1.82) is 0 Å². The molecule has 0 saturated carbocycles. The van der Waals surface area contributed by atoms with E-state index in [4.69, 9.17) is 12.2 Å². The Morgan fingerprint density at radius 3 is 2.73 bits per heavy atom. The largest absolute Gasteiger partial charge is 0.317 e. The Morgan fingerprint density at radius 2 is 2.00 bits per heavy atom. The molecule has 0 unspecified atom stereocenters. The summed E-state index contributed by atoms with van der Waals surface area (Å²) in [6, 6.07) is 12.9. The molecule has 0 radical (unpaired) electrons. The van der Waals surface area contributed by atoms with Crippen LogP contribution in [0.2, 0.25) is 0 Å². The van der Waals surface area contributed by atoms with E-state index >= 15 is 0 Å². The zero-order valence-electron chi connectivity index (χ0n) is 12.5. The molecular weight excluding hydrogens is 294 g/mol. The minimum Gasteiger partial charge on any atom is -0.317 e. The normalized spacial score (nSPS) is 10.0. The molecule has 0 aliphatic carbocycles. The van der Waals surface area contributed by atoms with Gasteiger partial charge in [-0.1, -0.05) is 31.5 Å². The van der Waals surface area contributed by atoms with Crippen molar-refractivity contribution in [3.63, 3.8) is 0 Å². The van der Waals surface area contributed by atoms with Gasteiger partial charge in [0.15, 0.2) is 5.11 Å². The van der Waals surface area contributed by atoms with Crippen LogP contribution in [0.15, 0.2) is 48.7 Å². The summed E-state index contributed by atoms with van der Waals surface area (Å²) >= 11 is 5.16. The predicted octanol–water partition coefficient (Wildman–Crippen LogP) is 3.55. The van der Waals surface area contributed by atoms with Crippen LogP contribution in [0.3, 0.4) is 0 Å². The summed E-state index contributed by atoms with van der Waals surface area (Å²) in [6.07, 6.45) is 5.04. The number of carbonyl (C=O) groups excluding carboxylic acids is 1. The number of aromatic nitrogens is 1. The fourth-order valence-corrected chi connectivity index (χ4v) is 2.19. The number of nitrogens with zero attached hydrogens (tertiary/aromatic N) is 1. The van der Waals surface area contributed by atoms with Gasteiger partial charge in [-0.05, 0) is 54.9 Å². The number of hydrogen-bond acceptors (Lipinski definition) is 3. The van der Waals surface area contributed by atoms with E-state index in [2.05, 4.69) is 22.5 Å². The summed E-state index contributed by atoms with van der Waals surface area (Å²) in [5.74, 6) is 0.409. The Morgan fingerprint density at radius 1 is 1.23 bits per heavy atom. The highest BCUT2D eigenvalue weighted by atomic mass is 32.1. The van der Waals surface area contributed by atoms with Crippen molar-refractivity contribution < 1.29 is 4.79 Å². The van der Waals surface area contributed by atoms with Gasteiger partial charge in [0, 0.05) is 11.8 Å². The maximum atomic E-state index is 12.0. The van der Waals surface area contributed by atoms with Gasteiger partial charge in [-0.2, -0.15) is 0 Å². The summed E-state index contributed by atoms with van der Waals surface area (Å²) in [5, 5.41) is 5.84. The lowest BCUT2D eigenvalue weighted by atomic mass is 10.1. The topological polar surface area (TPSA) is 54.0 Å². The van der Waals surface area contributed by atoms with E-state index in [1.807, 2.05) is 30.3 Å². The molecule has 0 aliphatic rings. The van der Waals surface area contributed by atoms with Crippen molar-refractivity contribution >= 4 is 29.1 Å². The molecule has 0 saturated heterocycles. The zero-order chi connectivity index (χ0) is 15.8. The van der Waals surface area contributed by atoms with Crippen LogP contribution in [-0.4, -0.2) is 16.0 Å². The number of carbonyl (C=O) groups is 1. The molecular formula is C17H19N3OS. The minimum absolute atomic E-state index is 0.236. The molecule has 0 spiro atoms. The molecule has 114 valence electrons. The lowest BCUT2D eigenvalue weighted by Gasteiger charge is -2.10. The van der Waals surface area contributed by atoms with Gasteiger partial charge in [0.1, 0.15) is 5.82 Å². The molecule has 1 heterocycles. The molecule has 1 aromatic heterocycles. The number of amides is 1. The fourth-order valence-electron chi connectivity index (χ4n) is 1.99. The SMILES string of the molecule is CCCCc1ccnc(NC(=S)NC(=O)c2ccccc2)c1. The first kappa shape index (κ1) is 16.1. The average molecular weight is 313 g/mol. The Hall–Kier alpha value is -2.27. The standard InChI is InChI=1S/C17H19N3OS/c1-2-3-7-13-10-11-18-15(12-13)19-17(22)20-16(21)14-8-5-4-6-9-14/h4-6,8-12H,2-3,7H2,1H3,(H2,18,19,20,21,22). The lowest BCUT2D eigenvalue weighted by molar-refractivity contribution is 0.0977. The zero-order valence-corrected chi connectivity index (χ0v) is 13.3. The molecule has 0 bridgehead atoms. The highest BCUT2D eigenvalue weighted by Crippen LogP contribution is 2.10. The molecule has 1 amide bonds. The summed E-state index contributed by atoms with van der Waals surface area (Å²) in [4.78, 5) is 16.2. The Kier molecular flexibility index (Phi) is 6.03. The van der Waals surface area contributed by atoms with Crippen LogP contribution < -0.4 is 10.6 Å². The molecule has 2 rings (SSSR count). The Bertz CT molecular complexity index is 643. The van der Waals surface area contributed by atoms with Crippen molar-refractivity contribution in [3.05, 3.63) is 59.8 Å². The van der Waals surface area contributed by atoms with Crippen molar-refractivity contribution in [1.82, 2.24) is 10.3 Å². The van der Waals surface area contributed by atoms with Crippen LogP contribution in [0.25, 0.3) is 0 Å². The number of unbranched alkanes of at least 4 members (excludes halogenated alkanes) is 1. The number of anilines is 1. The van der Waals surface area contributed by atoms with Gasteiger partial charge >= 0.3 is 0 Å². The van der Waals surface area contributed by atoms with Crippen molar-refractivity contribution in [3.8, 4) is 0 Å². The third-order valence-electron chi connectivity index (χ3n) is 3.15. The van der Waals surface area contributed by atoms with E-state index in [9.17, 15) is 4.79 Å². The fraction of sp³-hybridized carbons (Fsp3) is 0.235. The van der Waals surface area contributed by atoms with Gasteiger partial charge in [-0.25, -0.2) is 4.98 Å². The first-order valence-electron chi connectivity index (χ1n) is 7.31. The number of nitrogens with one attached hydrogen (secondary N) is 2. The lowest BCUT2D eigenvalue weighted by Crippen LogP contribution is -2.34. The Balaban J connectivity index is 1.93. The van der Waals surface area contributed by atoms with E-state index in [1.165, 1.54) is 5.56 Å². The highest BCUT2D eigenvalue weighted by Gasteiger charge is 2.07. The van der Waals surface area contributed by atoms with Crippen LogP contribution in [0.1, 0.15) is 35.7 Å². The van der Waals surface area contributed by atoms with E-state index in [0.29, 0.717) is 11.4 Å². The van der Waals surface area contributed by atoms with Gasteiger partial charge in [0.25, 0.3) is 5.91 Å². The van der Waals surface area contributed by atoms with E-state index in [0.717, 1.165) is 19.3 Å². The van der Waals surface area contributed by atoms with Crippen molar-refractivity contribution in [2.45, 2.75) is 26.2 Å². The van der Waals surface area contributed by atoms with Crippen LogP contribution >= 0.6 is 12.2 Å². The molecule has 4 nitrogen and oxygen atoms in total. The molecule has 0 atom stereocenters. The number of rotatable bonds is 5. The summed E-state index contributed by atoms with van der Waals surface area (Å²) in [5.41, 5.74) is 1.77. The molecule has 0 aliphatic heterocycles. The highest BCUT2D eigenvalue weighted by molar-refractivity contribution is 7.80. The van der Waals surface area contributed by atoms with Gasteiger partial charge in [0.05, 0.1) is 0 Å². The van der Waals surface area contributed by atoms with Gasteiger partial charge in [-0.3, -0.25) is 10.1 Å². The third kappa shape index (κ3) is 4.93. The number of hydrogen-bond donors (Lipinski definition) is 2. The summed E-state index contributed by atoms with van der Waals surface area (Å²) in [6.45, 7) is 2.16. The minimum atomic E-state index is -0.236. The van der Waals surface area contributed by atoms with Gasteiger partial charge in [0.2, 0.25) is 0 Å². The van der Waals surface area contributed by atoms with Crippen LogP contribution in [0.4, 0.5) is 5.82 Å². The molecule has 1 aromatic carbocycles. The van der Waals surface area contributed by atoms with Crippen molar-refractivity contribution in [2.24, 2.45) is 0 Å². The third-order valence-corrected chi connectivity index (χ3v) is 3.35. The number of thiocarbonyl (C=S) groups is 1. The smallest absolute Gasteiger partial charge is 0.257 e. The molecule has 0 fully saturated rings. The second-order valence-corrected chi connectivity index (χ2v) is 5.34. The summed E-state index contributed by atoms with van der Waals surface area (Å²) in [7, 11) is 0. The predicted molar refractivity (Wildman–Crippen MR) is 93.0 cm³/mol. The number of aryl methyl sites for hydroxylation is 1. The maximum Gasteiger partial charge on any atom is 0.257 e. The molecule has 2 N–H and O–H groups in total. The van der Waals surface area contributed by atoms with E-state index in [1.54, 1.807) is 18.3 Å². The molecule has 5 heteroatoms. The molecule has 22 heavy (non-hydrogen) atoms. The Labute approximate surface area is 136 Å². The monoisotopic (exact) mass is 313 g/mol.